The molecule has 2 atom stereocenters. The van der Waals surface area contributed by atoms with Crippen molar-refractivity contribution in [2.24, 2.45) is 0 Å². The maximum Gasteiger partial charge on any atom is 0.261 e. The summed E-state index contributed by atoms with van der Waals surface area (Å²) in [5.74, 6) is -0.174. The van der Waals surface area contributed by atoms with Crippen LogP contribution >= 0.6 is 0 Å². The van der Waals surface area contributed by atoms with Crippen molar-refractivity contribution in [1.29, 1.82) is 0 Å². The number of ether oxygens (including phenoxy) is 1. The average molecular weight is 403 g/mol. The molecule has 3 rings (SSSR count). The van der Waals surface area contributed by atoms with Gasteiger partial charge in [-0.1, -0.05) is 24.3 Å². The highest BCUT2D eigenvalue weighted by Crippen LogP contribution is 2.23. The topological polar surface area (TPSA) is 75.7 Å². The summed E-state index contributed by atoms with van der Waals surface area (Å²) in [6, 6.07) is 11.8. The molecule has 0 radical (unpaired) electrons. The van der Waals surface area contributed by atoms with Crippen LogP contribution in [0.5, 0.6) is 0 Å². The van der Waals surface area contributed by atoms with Gasteiger partial charge in [-0.05, 0) is 57.0 Å². The molecule has 2 aromatic carbocycles. The summed E-state index contributed by atoms with van der Waals surface area (Å²) in [6.45, 7) is 8.47. The van der Waals surface area contributed by atoms with E-state index in [0.717, 1.165) is 11.1 Å². The number of hydrogen-bond acceptors (Lipinski definition) is 4. The van der Waals surface area contributed by atoms with E-state index in [1.54, 1.807) is 23.1 Å². The third kappa shape index (κ3) is 4.36. The number of anilines is 1. The zero-order valence-electron chi connectivity index (χ0n) is 16.6. The van der Waals surface area contributed by atoms with Crippen molar-refractivity contribution in [3.05, 3.63) is 59.2 Å². The summed E-state index contributed by atoms with van der Waals surface area (Å²) >= 11 is 0. The second kappa shape index (κ2) is 7.93. The van der Waals surface area contributed by atoms with E-state index in [1.807, 2.05) is 39.8 Å². The highest BCUT2D eigenvalue weighted by atomic mass is 32.2. The molecular weight excluding hydrogens is 376 g/mol. The number of sulfonamides is 1. The summed E-state index contributed by atoms with van der Waals surface area (Å²) in [5, 5.41) is 0. The Hall–Kier alpha value is -2.38. The van der Waals surface area contributed by atoms with Crippen LogP contribution in [0, 0.1) is 13.8 Å². The van der Waals surface area contributed by atoms with Crippen molar-refractivity contribution in [3.8, 4) is 0 Å². The summed E-state index contributed by atoms with van der Waals surface area (Å²) in [4.78, 5) is 14.9. The standard InChI is InChI=1S/C21H26N2O4S/c1-14-9-10-18(28(25,26)22-20-8-6-5-7-15(20)2)11-19(14)21(24)23-12-16(3)27-17(4)13-23/h5-11,16-17,22H,12-13H2,1-4H3/t16-,17-/m0/s1. The number of carbonyl (C=O) groups is 1. The molecule has 1 amide bonds. The zero-order valence-corrected chi connectivity index (χ0v) is 17.4. The van der Waals surface area contributed by atoms with E-state index >= 15 is 0 Å². The number of aryl methyl sites for hydroxylation is 2. The third-order valence-electron chi connectivity index (χ3n) is 4.85. The van der Waals surface area contributed by atoms with E-state index in [2.05, 4.69) is 4.72 Å². The van der Waals surface area contributed by atoms with E-state index in [1.165, 1.54) is 12.1 Å². The van der Waals surface area contributed by atoms with Crippen molar-refractivity contribution in [1.82, 2.24) is 4.90 Å². The molecule has 150 valence electrons. The largest absolute Gasteiger partial charge is 0.372 e. The minimum Gasteiger partial charge on any atom is -0.372 e. The Kier molecular flexibility index (Phi) is 5.76. The maximum absolute atomic E-state index is 13.1. The van der Waals surface area contributed by atoms with Gasteiger partial charge in [-0.2, -0.15) is 0 Å². The first-order valence-electron chi connectivity index (χ1n) is 9.31. The highest BCUT2D eigenvalue weighted by molar-refractivity contribution is 7.92. The van der Waals surface area contributed by atoms with Crippen molar-refractivity contribution in [2.45, 2.75) is 44.8 Å². The minimum atomic E-state index is -3.81. The fourth-order valence-corrected chi connectivity index (χ4v) is 4.56. The molecule has 0 unspecified atom stereocenters. The molecular formula is C21H26N2O4S. The van der Waals surface area contributed by atoms with Crippen LogP contribution in [0.15, 0.2) is 47.4 Å². The lowest BCUT2D eigenvalue weighted by atomic mass is 10.1. The van der Waals surface area contributed by atoms with Crippen LogP contribution in [-0.4, -0.2) is 44.5 Å². The molecule has 2 aromatic rings. The number of rotatable bonds is 4. The second-order valence-corrected chi connectivity index (χ2v) is 9.05. The van der Waals surface area contributed by atoms with Crippen molar-refractivity contribution >= 4 is 21.6 Å². The molecule has 1 aliphatic heterocycles. The second-order valence-electron chi connectivity index (χ2n) is 7.36. The van der Waals surface area contributed by atoms with Gasteiger partial charge in [0, 0.05) is 18.7 Å². The average Bonchev–Trinajstić information content (AvgIpc) is 2.62. The van der Waals surface area contributed by atoms with E-state index in [4.69, 9.17) is 4.74 Å². The number of nitrogens with zero attached hydrogens (tertiary/aromatic N) is 1. The molecule has 28 heavy (non-hydrogen) atoms. The Bertz CT molecular complexity index is 978. The van der Waals surface area contributed by atoms with Gasteiger partial charge in [0.1, 0.15) is 0 Å². The van der Waals surface area contributed by atoms with Crippen LogP contribution < -0.4 is 4.72 Å². The highest BCUT2D eigenvalue weighted by Gasteiger charge is 2.28. The molecule has 1 saturated heterocycles. The van der Waals surface area contributed by atoms with Crippen LogP contribution in [0.2, 0.25) is 0 Å². The smallest absolute Gasteiger partial charge is 0.261 e. The molecule has 6 nitrogen and oxygen atoms in total. The quantitative estimate of drug-likeness (QED) is 0.851. The first-order chi connectivity index (χ1) is 13.2. The lowest BCUT2D eigenvalue weighted by molar-refractivity contribution is -0.0586. The van der Waals surface area contributed by atoms with Crippen LogP contribution in [0.1, 0.15) is 35.3 Å². The number of hydrogen-bond donors (Lipinski definition) is 1. The zero-order chi connectivity index (χ0) is 20.5. The van der Waals surface area contributed by atoms with E-state index in [9.17, 15) is 13.2 Å². The molecule has 1 N–H and O–H groups in total. The summed E-state index contributed by atoms with van der Waals surface area (Å²) in [5.41, 5.74) is 2.48. The molecule has 1 aliphatic rings. The lowest BCUT2D eigenvalue weighted by Gasteiger charge is -2.35. The number of nitrogens with one attached hydrogen (secondary N) is 1. The van der Waals surface area contributed by atoms with E-state index < -0.39 is 10.0 Å². The van der Waals surface area contributed by atoms with Crippen molar-refractivity contribution in [3.63, 3.8) is 0 Å². The predicted octanol–water partition coefficient (Wildman–Crippen LogP) is 3.35. The Morgan fingerprint density at radius 1 is 1.04 bits per heavy atom. The predicted molar refractivity (Wildman–Crippen MR) is 109 cm³/mol. The summed E-state index contributed by atoms with van der Waals surface area (Å²) in [6.07, 6.45) is -0.106. The van der Waals surface area contributed by atoms with Crippen LogP contribution in [0.3, 0.4) is 0 Å². The molecule has 0 spiro atoms. The fraction of sp³-hybridized carbons (Fsp3) is 0.381. The first-order valence-corrected chi connectivity index (χ1v) is 10.8. The van der Waals surface area contributed by atoms with Gasteiger partial charge in [-0.25, -0.2) is 8.42 Å². The number of morpholine rings is 1. The van der Waals surface area contributed by atoms with Gasteiger partial charge in [0.2, 0.25) is 0 Å². The van der Waals surface area contributed by atoms with Gasteiger partial charge in [-0.15, -0.1) is 0 Å². The minimum absolute atomic E-state index is 0.0531. The summed E-state index contributed by atoms with van der Waals surface area (Å²) < 4.78 is 34.0. The number of carbonyl (C=O) groups excluding carboxylic acids is 1. The van der Waals surface area contributed by atoms with Crippen molar-refractivity contribution in [2.75, 3.05) is 17.8 Å². The molecule has 1 heterocycles. The normalized spacial score (nSPS) is 20.1. The number of para-hydroxylation sites is 1. The van der Waals surface area contributed by atoms with Crippen LogP contribution in [0.25, 0.3) is 0 Å². The van der Waals surface area contributed by atoms with Gasteiger partial charge in [0.25, 0.3) is 15.9 Å². The Labute approximate surface area is 166 Å². The van der Waals surface area contributed by atoms with E-state index in [0.29, 0.717) is 24.3 Å². The van der Waals surface area contributed by atoms with Gasteiger partial charge in [0.05, 0.1) is 22.8 Å². The SMILES string of the molecule is Cc1ccccc1NS(=O)(=O)c1ccc(C)c(C(=O)N2C[C@H](C)O[C@@H](C)C2)c1. The van der Waals surface area contributed by atoms with Crippen molar-refractivity contribution < 1.29 is 17.9 Å². The van der Waals surface area contributed by atoms with Gasteiger partial charge in [0.15, 0.2) is 0 Å². The Morgan fingerprint density at radius 2 is 1.68 bits per heavy atom. The van der Waals surface area contributed by atoms with Crippen LogP contribution in [0.4, 0.5) is 5.69 Å². The molecule has 0 saturated carbocycles. The molecule has 0 bridgehead atoms. The Balaban J connectivity index is 1.90. The van der Waals surface area contributed by atoms with E-state index in [-0.39, 0.29) is 23.0 Å². The third-order valence-corrected chi connectivity index (χ3v) is 6.21. The first kappa shape index (κ1) is 20.4. The molecule has 7 heteroatoms. The fourth-order valence-electron chi connectivity index (χ4n) is 3.40. The van der Waals surface area contributed by atoms with Gasteiger partial charge in [-0.3, -0.25) is 9.52 Å². The Morgan fingerprint density at radius 3 is 2.32 bits per heavy atom. The van der Waals surface area contributed by atoms with Gasteiger partial charge < -0.3 is 9.64 Å². The van der Waals surface area contributed by atoms with Crippen LogP contribution in [-0.2, 0) is 14.8 Å². The van der Waals surface area contributed by atoms with Gasteiger partial charge >= 0.3 is 0 Å². The number of benzene rings is 2. The molecule has 0 aliphatic carbocycles. The summed E-state index contributed by atoms with van der Waals surface area (Å²) in [7, 11) is -3.81. The molecule has 0 aromatic heterocycles. The molecule has 1 fully saturated rings. The lowest BCUT2D eigenvalue weighted by Crippen LogP contribution is -2.48. The number of amides is 1. The maximum atomic E-state index is 13.1. The monoisotopic (exact) mass is 402 g/mol.